The Labute approximate surface area is 86.9 Å². The molecule has 0 aliphatic carbocycles. The summed E-state index contributed by atoms with van der Waals surface area (Å²) in [5, 5.41) is 6.89. The molecule has 6 heteroatoms. The molecule has 14 heavy (non-hydrogen) atoms. The molecular weight excluding hydrogens is 200 g/mol. The van der Waals surface area contributed by atoms with Crippen molar-refractivity contribution in [2.24, 2.45) is 11.1 Å². The average Bonchev–Trinajstić information content (AvgIpc) is 2.53. The fourth-order valence-electron chi connectivity index (χ4n) is 0.815. The number of anilines is 1. The van der Waals surface area contributed by atoms with E-state index in [1.807, 2.05) is 20.8 Å². The van der Waals surface area contributed by atoms with E-state index in [0.717, 1.165) is 11.5 Å². The molecule has 0 fully saturated rings. The lowest BCUT2D eigenvalue weighted by Gasteiger charge is -2.25. The minimum Gasteiger partial charge on any atom is -0.319 e. The Hall–Kier alpha value is -1.01. The van der Waals surface area contributed by atoms with E-state index in [4.69, 9.17) is 5.73 Å². The maximum atomic E-state index is 11.6. The van der Waals surface area contributed by atoms with Gasteiger partial charge in [0.1, 0.15) is 5.00 Å². The molecule has 0 aliphatic rings. The van der Waals surface area contributed by atoms with Crippen LogP contribution >= 0.6 is 11.5 Å². The lowest BCUT2D eigenvalue weighted by Crippen LogP contribution is -2.45. The smallest absolute Gasteiger partial charge is 0.242 e. The van der Waals surface area contributed by atoms with E-state index in [2.05, 4.69) is 14.9 Å². The zero-order chi connectivity index (χ0) is 10.8. The van der Waals surface area contributed by atoms with Gasteiger partial charge in [0.15, 0.2) is 0 Å². The third kappa shape index (κ3) is 2.74. The molecule has 0 unspecified atom stereocenters. The topological polar surface area (TPSA) is 80.9 Å². The summed E-state index contributed by atoms with van der Waals surface area (Å²) in [6.45, 7) is 5.76. The first-order valence-electron chi connectivity index (χ1n) is 4.25. The molecule has 1 heterocycles. The summed E-state index contributed by atoms with van der Waals surface area (Å²) in [4.78, 5) is 11.6. The second-order valence-electron chi connectivity index (χ2n) is 4.11. The monoisotopic (exact) mass is 214 g/mol. The molecule has 1 aromatic rings. The normalized spacial score (nSPS) is 13.7. The number of aromatic nitrogens is 2. The first-order chi connectivity index (χ1) is 6.41. The van der Waals surface area contributed by atoms with Gasteiger partial charge in [-0.1, -0.05) is 25.3 Å². The number of rotatable bonds is 2. The van der Waals surface area contributed by atoms with E-state index in [1.165, 1.54) is 6.20 Å². The van der Waals surface area contributed by atoms with Crippen molar-refractivity contribution in [3.05, 3.63) is 6.20 Å². The quantitative estimate of drug-likeness (QED) is 0.764. The molecule has 78 valence electrons. The molecule has 5 nitrogen and oxygen atoms in total. The number of carbonyl (C=O) groups is 1. The molecule has 0 aliphatic heterocycles. The van der Waals surface area contributed by atoms with E-state index < -0.39 is 6.04 Å². The van der Waals surface area contributed by atoms with Gasteiger partial charge in [0.05, 0.1) is 12.2 Å². The largest absolute Gasteiger partial charge is 0.319 e. The number of nitrogens with one attached hydrogen (secondary N) is 1. The fourth-order valence-corrected chi connectivity index (χ4v) is 1.24. The van der Waals surface area contributed by atoms with Gasteiger partial charge in [0, 0.05) is 11.5 Å². The Morgan fingerprint density at radius 2 is 2.29 bits per heavy atom. The molecule has 0 spiro atoms. The Balaban J connectivity index is 2.59. The second-order valence-corrected chi connectivity index (χ2v) is 4.90. The zero-order valence-electron chi connectivity index (χ0n) is 8.44. The molecular formula is C8H14N4OS. The summed E-state index contributed by atoms with van der Waals surface area (Å²) < 4.78 is 3.63. The van der Waals surface area contributed by atoms with Crippen LogP contribution in [0.1, 0.15) is 20.8 Å². The first kappa shape index (κ1) is 11.1. The van der Waals surface area contributed by atoms with Gasteiger partial charge < -0.3 is 11.1 Å². The van der Waals surface area contributed by atoms with Crippen molar-refractivity contribution >= 4 is 22.4 Å². The number of nitrogens with zero attached hydrogens (tertiary/aromatic N) is 2. The van der Waals surface area contributed by atoms with Gasteiger partial charge in [0.25, 0.3) is 0 Å². The van der Waals surface area contributed by atoms with Gasteiger partial charge >= 0.3 is 0 Å². The summed E-state index contributed by atoms with van der Waals surface area (Å²) in [6, 6.07) is -0.537. The van der Waals surface area contributed by atoms with E-state index in [9.17, 15) is 4.79 Å². The van der Waals surface area contributed by atoms with Gasteiger partial charge in [-0.25, -0.2) is 0 Å². The summed E-state index contributed by atoms with van der Waals surface area (Å²) in [6.07, 6.45) is 1.50. The van der Waals surface area contributed by atoms with Crippen molar-refractivity contribution in [1.82, 2.24) is 9.59 Å². The summed E-state index contributed by atoms with van der Waals surface area (Å²) in [7, 11) is 0. The number of hydrogen-bond acceptors (Lipinski definition) is 5. The maximum absolute atomic E-state index is 11.6. The molecule has 1 aromatic heterocycles. The van der Waals surface area contributed by atoms with Crippen LogP contribution < -0.4 is 11.1 Å². The predicted molar refractivity (Wildman–Crippen MR) is 56.0 cm³/mol. The lowest BCUT2D eigenvalue weighted by molar-refractivity contribution is -0.119. The van der Waals surface area contributed by atoms with E-state index >= 15 is 0 Å². The van der Waals surface area contributed by atoms with Crippen molar-refractivity contribution in [3.63, 3.8) is 0 Å². The van der Waals surface area contributed by atoms with Crippen molar-refractivity contribution in [2.45, 2.75) is 26.8 Å². The average molecular weight is 214 g/mol. The number of amides is 1. The van der Waals surface area contributed by atoms with Gasteiger partial charge in [-0.15, -0.1) is 5.10 Å². The molecule has 1 amide bonds. The molecule has 0 bridgehead atoms. The minimum atomic E-state index is -0.537. The molecule has 3 N–H and O–H groups in total. The Bertz CT molecular complexity index is 304. The van der Waals surface area contributed by atoms with Gasteiger partial charge in [-0.05, 0) is 5.41 Å². The standard InChI is InChI=1S/C8H14N4OS/c1-8(2,3)6(9)7(13)11-5-4-10-12-14-5/h4,6H,9H2,1-3H3,(H,11,13)/t6-/m0/s1. The lowest BCUT2D eigenvalue weighted by atomic mass is 9.87. The van der Waals surface area contributed by atoms with Crippen molar-refractivity contribution in [2.75, 3.05) is 5.32 Å². The third-order valence-electron chi connectivity index (χ3n) is 1.82. The molecule has 0 saturated carbocycles. The summed E-state index contributed by atoms with van der Waals surface area (Å²) in [5.74, 6) is -0.205. The van der Waals surface area contributed by atoms with Crippen LogP contribution in [0.5, 0.6) is 0 Å². The molecule has 0 saturated heterocycles. The number of carbonyl (C=O) groups excluding carboxylic acids is 1. The predicted octanol–water partition coefficient (Wildman–Crippen LogP) is 0.850. The Morgan fingerprint density at radius 1 is 1.64 bits per heavy atom. The van der Waals surface area contributed by atoms with Gasteiger partial charge in [-0.3, -0.25) is 4.79 Å². The van der Waals surface area contributed by atoms with Crippen LogP contribution in [0.15, 0.2) is 6.20 Å². The fraction of sp³-hybridized carbons (Fsp3) is 0.625. The maximum Gasteiger partial charge on any atom is 0.242 e. The zero-order valence-corrected chi connectivity index (χ0v) is 9.26. The highest BCUT2D eigenvalue weighted by Crippen LogP contribution is 2.19. The van der Waals surface area contributed by atoms with Crippen molar-refractivity contribution < 1.29 is 4.79 Å². The van der Waals surface area contributed by atoms with Crippen LogP contribution in [0.25, 0.3) is 0 Å². The third-order valence-corrected chi connectivity index (χ3v) is 2.40. The Kier molecular flexibility index (Phi) is 3.17. The molecule has 1 rings (SSSR count). The van der Waals surface area contributed by atoms with Gasteiger partial charge in [0.2, 0.25) is 5.91 Å². The highest BCUT2D eigenvalue weighted by molar-refractivity contribution is 7.10. The van der Waals surface area contributed by atoms with Crippen molar-refractivity contribution in [1.29, 1.82) is 0 Å². The summed E-state index contributed by atoms with van der Waals surface area (Å²) in [5.41, 5.74) is 5.51. The van der Waals surface area contributed by atoms with E-state index in [0.29, 0.717) is 5.00 Å². The first-order valence-corrected chi connectivity index (χ1v) is 5.02. The van der Waals surface area contributed by atoms with Gasteiger partial charge in [-0.2, -0.15) is 0 Å². The van der Waals surface area contributed by atoms with E-state index in [-0.39, 0.29) is 11.3 Å². The molecule has 1 atom stereocenters. The molecule has 0 radical (unpaired) electrons. The van der Waals surface area contributed by atoms with Crippen LogP contribution in [-0.2, 0) is 4.79 Å². The summed E-state index contributed by atoms with van der Waals surface area (Å²) >= 11 is 1.13. The number of hydrogen-bond donors (Lipinski definition) is 2. The van der Waals surface area contributed by atoms with Crippen LogP contribution in [0.4, 0.5) is 5.00 Å². The number of nitrogens with two attached hydrogens (primary N) is 1. The van der Waals surface area contributed by atoms with Crippen LogP contribution in [-0.4, -0.2) is 21.5 Å². The van der Waals surface area contributed by atoms with E-state index in [1.54, 1.807) is 0 Å². The van der Waals surface area contributed by atoms with Crippen LogP contribution in [0.3, 0.4) is 0 Å². The van der Waals surface area contributed by atoms with Crippen LogP contribution in [0.2, 0.25) is 0 Å². The second kappa shape index (κ2) is 4.02. The molecule has 0 aromatic carbocycles. The SMILES string of the molecule is CC(C)(C)[C@@H](N)C(=O)Nc1cnns1. The highest BCUT2D eigenvalue weighted by Gasteiger charge is 2.27. The highest BCUT2D eigenvalue weighted by atomic mass is 32.1. The Morgan fingerprint density at radius 3 is 2.71 bits per heavy atom. The minimum absolute atomic E-state index is 0.205. The van der Waals surface area contributed by atoms with Crippen LogP contribution in [0, 0.1) is 5.41 Å². The van der Waals surface area contributed by atoms with Crippen molar-refractivity contribution in [3.8, 4) is 0 Å².